The van der Waals surface area contributed by atoms with Gasteiger partial charge in [-0.25, -0.2) is 0 Å². The van der Waals surface area contributed by atoms with E-state index in [-0.39, 0.29) is 5.76 Å². The Kier molecular flexibility index (Phi) is 5.61. The van der Waals surface area contributed by atoms with Crippen LogP contribution in [0.5, 0.6) is 5.75 Å². The van der Waals surface area contributed by atoms with Gasteiger partial charge in [-0.2, -0.15) is 4.57 Å². The summed E-state index contributed by atoms with van der Waals surface area (Å²) in [6, 6.07) is 22.1. The normalized spacial score (nSPS) is 11.4. The molecule has 0 radical (unpaired) electrons. The summed E-state index contributed by atoms with van der Waals surface area (Å²) in [6.45, 7) is 0. The standard InChI is InChI=1S/C21H18N2O2S/c1-25-18-12-10-16(11-13-18)20(24)19(23-14-6-3-7-15-23)21(26)22-17-8-4-2-5-9-17/h2-15H,1H3,(H-,22,24,26). The van der Waals surface area contributed by atoms with Gasteiger partial charge >= 0.3 is 0 Å². The van der Waals surface area contributed by atoms with E-state index in [0.717, 1.165) is 5.69 Å². The third kappa shape index (κ3) is 4.07. The highest BCUT2D eigenvalue weighted by atomic mass is 32.1. The molecule has 0 bridgehead atoms. The molecule has 0 aliphatic heterocycles. The Morgan fingerprint density at radius 3 is 2.15 bits per heavy atom. The van der Waals surface area contributed by atoms with E-state index < -0.39 is 0 Å². The van der Waals surface area contributed by atoms with Gasteiger partial charge in [0.05, 0.1) is 7.11 Å². The minimum atomic E-state index is -0.169. The minimum absolute atomic E-state index is 0.169. The third-order valence-electron chi connectivity index (χ3n) is 3.79. The first-order chi connectivity index (χ1) is 12.7. The second kappa shape index (κ2) is 8.27. The number of ether oxygens (including phenoxy) is 1. The number of aromatic nitrogens is 1. The van der Waals surface area contributed by atoms with Crippen LogP contribution in [0.15, 0.2) is 85.2 Å². The monoisotopic (exact) mass is 362 g/mol. The molecule has 0 saturated carbocycles. The number of nitrogens with one attached hydrogen (secondary N) is 1. The van der Waals surface area contributed by atoms with Gasteiger partial charge in [-0.1, -0.05) is 48.6 Å². The van der Waals surface area contributed by atoms with Crippen LogP contribution in [-0.4, -0.2) is 12.1 Å². The van der Waals surface area contributed by atoms with E-state index in [1.165, 1.54) is 0 Å². The maximum absolute atomic E-state index is 13.2. The molecule has 1 heterocycles. The number of para-hydroxylation sites is 1. The molecule has 0 amide bonds. The minimum Gasteiger partial charge on any atom is -0.867 e. The molecule has 0 saturated heterocycles. The molecule has 1 N–H and O–H groups in total. The summed E-state index contributed by atoms with van der Waals surface area (Å²) >= 11 is 5.55. The Hall–Kier alpha value is -3.18. The van der Waals surface area contributed by atoms with Crippen molar-refractivity contribution in [3.05, 3.63) is 90.8 Å². The Balaban J connectivity index is 2.03. The second-order valence-electron chi connectivity index (χ2n) is 5.51. The van der Waals surface area contributed by atoms with Gasteiger partial charge in [0.2, 0.25) is 5.70 Å². The smallest absolute Gasteiger partial charge is 0.238 e. The zero-order chi connectivity index (χ0) is 18.4. The quantitative estimate of drug-likeness (QED) is 0.328. The average molecular weight is 362 g/mol. The van der Waals surface area contributed by atoms with Crippen LogP contribution in [0.2, 0.25) is 0 Å². The van der Waals surface area contributed by atoms with Gasteiger partial charge in [0.15, 0.2) is 17.4 Å². The van der Waals surface area contributed by atoms with Crippen molar-refractivity contribution >= 4 is 34.3 Å². The fourth-order valence-corrected chi connectivity index (χ4v) is 2.79. The lowest BCUT2D eigenvalue weighted by Gasteiger charge is -2.17. The fraction of sp³-hybridized carbons (Fsp3) is 0.0476. The predicted molar refractivity (Wildman–Crippen MR) is 105 cm³/mol. The van der Waals surface area contributed by atoms with Gasteiger partial charge in [-0.3, -0.25) is 0 Å². The molecule has 0 aliphatic rings. The highest BCUT2D eigenvalue weighted by molar-refractivity contribution is 7.81. The van der Waals surface area contributed by atoms with Gasteiger partial charge in [-0.05, 0) is 35.6 Å². The number of rotatable bonds is 5. The van der Waals surface area contributed by atoms with Crippen molar-refractivity contribution in [1.29, 1.82) is 0 Å². The van der Waals surface area contributed by atoms with E-state index in [0.29, 0.717) is 22.0 Å². The van der Waals surface area contributed by atoms with Gasteiger partial charge in [0.25, 0.3) is 0 Å². The molecule has 0 fully saturated rings. The maximum Gasteiger partial charge on any atom is 0.238 e. The summed E-state index contributed by atoms with van der Waals surface area (Å²) < 4.78 is 6.89. The summed E-state index contributed by atoms with van der Waals surface area (Å²) in [5.74, 6) is 0.526. The van der Waals surface area contributed by atoms with Gasteiger partial charge in [-0.15, -0.1) is 0 Å². The van der Waals surface area contributed by atoms with E-state index in [4.69, 9.17) is 17.0 Å². The van der Waals surface area contributed by atoms with E-state index >= 15 is 0 Å². The molecule has 5 heteroatoms. The lowest BCUT2D eigenvalue weighted by atomic mass is 10.1. The highest BCUT2D eigenvalue weighted by Gasteiger charge is 2.18. The number of benzene rings is 2. The van der Waals surface area contributed by atoms with Crippen LogP contribution in [-0.2, 0) is 0 Å². The first-order valence-corrected chi connectivity index (χ1v) is 8.48. The van der Waals surface area contributed by atoms with Crippen molar-refractivity contribution in [3.8, 4) is 5.75 Å². The zero-order valence-electron chi connectivity index (χ0n) is 14.3. The molecule has 0 spiro atoms. The molecular weight excluding hydrogens is 344 g/mol. The summed E-state index contributed by atoms with van der Waals surface area (Å²) in [6.07, 6.45) is 3.60. The first kappa shape index (κ1) is 17.6. The van der Waals surface area contributed by atoms with Crippen molar-refractivity contribution in [3.63, 3.8) is 0 Å². The highest BCUT2D eigenvalue weighted by Crippen LogP contribution is 2.19. The van der Waals surface area contributed by atoms with Gasteiger partial charge in [0, 0.05) is 17.8 Å². The maximum atomic E-state index is 13.2. The number of thiocarbonyl (C=S) groups is 1. The first-order valence-electron chi connectivity index (χ1n) is 8.08. The van der Waals surface area contributed by atoms with Gasteiger partial charge in [0.1, 0.15) is 5.75 Å². The van der Waals surface area contributed by atoms with E-state index in [1.807, 2.05) is 48.5 Å². The number of nitrogens with zero attached hydrogens (tertiary/aromatic N) is 1. The van der Waals surface area contributed by atoms with Crippen LogP contribution in [0, 0.1) is 0 Å². The molecule has 1 aromatic heterocycles. The van der Waals surface area contributed by atoms with Gasteiger partial charge < -0.3 is 15.2 Å². The Labute approximate surface area is 158 Å². The summed E-state index contributed by atoms with van der Waals surface area (Å²) in [5.41, 5.74) is 1.75. The number of pyridine rings is 1. The van der Waals surface area contributed by atoms with Crippen LogP contribution in [0.3, 0.4) is 0 Å². The van der Waals surface area contributed by atoms with Crippen molar-refractivity contribution in [2.75, 3.05) is 12.4 Å². The molecule has 0 unspecified atom stereocenters. The number of hydrogen-bond donors (Lipinski definition) is 1. The van der Waals surface area contributed by atoms with Crippen molar-refractivity contribution in [1.82, 2.24) is 0 Å². The Bertz CT molecular complexity index is 908. The Morgan fingerprint density at radius 1 is 0.923 bits per heavy atom. The molecule has 4 nitrogen and oxygen atoms in total. The topological polar surface area (TPSA) is 48.2 Å². The van der Waals surface area contributed by atoms with Crippen LogP contribution in [0.4, 0.5) is 5.69 Å². The predicted octanol–water partition coefficient (Wildman–Crippen LogP) is 3.11. The molecule has 3 aromatic rings. The number of anilines is 1. The van der Waals surface area contributed by atoms with Crippen molar-refractivity contribution in [2.24, 2.45) is 0 Å². The third-order valence-corrected chi connectivity index (χ3v) is 4.08. The van der Waals surface area contributed by atoms with Crippen LogP contribution in [0.1, 0.15) is 5.56 Å². The fourth-order valence-electron chi connectivity index (χ4n) is 2.48. The van der Waals surface area contributed by atoms with Crippen LogP contribution in [0.25, 0.3) is 11.5 Å². The number of methoxy groups -OCH3 is 1. The molecule has 3 rings (SSSR count). The van der Waals surface area contributed by atoms with Crippen molar-refractivity contribution < 1.29 is 14.4 Å². The molecule has 26 heavy (non-hydrogen) atoms. The lowest BCUT2D eigenvalue weighted by molar-refractivity contribution is -0.577. The molecule has 130 valence electrons. The zero-order valence-corrected chi connectivity index (χ0v) is 15.1. The summed E-state index contributed by atoms with van der Waals surface area (Å²) in [5, 5.41) is 16.3. The molecule has 0 atom stereocenters. The van der Waals surface area contributed by atoms with E-state index in [9.17, 15) is 5.11 Å². The SMILES string of the molecule is COc1ccc(/C([O-])=C(/C(=S)Nc2ccccc2)[n+]2ccccc2)cc1. The summed E-state index contributed by atoms with van der Waals surface area (Å²) in [7, 11) is 1.59. The van der Waals surface area contributed by atoms with E-state index in [1.54, 1.807) is 48.3 Å². The van der Waals surface area contributed by atoms with Crippen LogP contribution >= 0.6 is 12.2 Å². The summed E-state index contributed by atoms with van der Waals surface area (Å²) in [4.78, 5) is 0.355. The van der Waals surface area contributed by atoms with E-state index in [2.05, 4.69) is 5.32 Å². The lowest BCUT2D eigenvalue weighted by Crippen LogP contribution is -2.39. The largest absolute Gasteiger partial charge is 0.867 e. The second-order valence-corrected chi connectivity index (χ2v) is 5.92. The molecule has 0 aliphatic carbocycles. The number of hydrogen-bond acceptors (Lipinski definition) is 3. The van der Waals surface area contributed by atoms with Crippen molar-refractivity contribution in [2.45, 2.75) is 0 Å². The Morgan fingerprint density at radius 2 is 1.54 bits per heavy atom. The average Bonchev–Trinajstić information content (AvgIpc) is 2.70. The molecule has 2 aromatic carbocycles. The molecular formula is C21H18N2O2S. The van der Waals surface area contributed by atoms with Crippen LogP contribution < -0.4 is 19.7 Å².